The summed E-state index contributed by atoms with van der Waals surface area (Å²) in [4.78, 5) is 24.7. The summed E-state index contributed by atoms with van der Waals surface area (Å²) in [5.74, 6) is -0.0708. The van der Waals surface area contributed by atoms with Crippen LogP contribution in [0.15, 0.2) is 24.3 Å². The molecule has 0 aromatic heterocycles. The first kappa shape index (κ1) is 18.8. The summed E-state index contributed by atoms with van der Waals surface area (Å²) in [6.45, 7) is 9.06. The molecule has 0 atom stereocenters. The molecule has 3 rings (SSSR count). The first-order valence-electron chi connectivity index (χ1n) is 9.01. The second-order valence-electron chi connectivity index (χ2n) is 7.11. The fourth-order valence-electron chi connectivity index (χ4n) is 3.77. The topological polar surface area (TPSA) is 81.7 Å². The van der Waals surface area contributed by atoms with Crippen molar-refractivity contribution in [3.8, 4) is 0 Å². The van der Waals surface area contributed by atoms with E-state index < -0.39 is 6.09 Å². The Balaban J connectivity index is 1.91. The highest BCUT2D eigenvalue weighted by atomic mass is 16.4. The number of carbonyl (C=O) groups is 2. The quantitative estimate of drug-likeness (QED) is 0.758. The van der Waals surface area contributed by atoms with Gasteiger partial charge in [-0.2, -0.15) is 0 Å². The number of nitrogens with zero attached hydrogens (tertiary/aromatic N) is 1. The Kier molecular flexibility index (Phi) is 5.08. The number of hydrogen-bond donors (Lipinski definition) is 3. The van der Waals surface area contributed by atoms with E-state index in [1.165, 1.54) is 18.1 Å². The molecule has 1 heterocycles. The van der Waals surface area contributed by atoms with Gasteiger partial charge in [0.25, 0.3) is 0 Å². The smallest absolute Gasteiger partial charge is 0.409 e. The maximum atomic E-state index is 11.4. The van der Waals surface area contributed by atoms with E-state index >= 15 is 0 Å². The second-order valence-corrected chi connectivity index (χ2v) is 7.11. The van der Waals surface area contributed by atoms with E-state index in [-0.39, 0.29) is 5.91 Å². The molecule has 2 amide bonds. The Morgan fingerprint density at radius 1 is 1.07 bits per heavy atom. The lowest BCUT2D eigenvalue weighted by atomic mass is 9.93. The Morgan fingerprint density at radius 2 is 1.74 bits per heavy atom. The zero-order chi connectivity index (χ0) is 19.7. The number of carbonyl (C=O) groups excluding carboxylic acids is 1. The van der Waals surface area contributed by atoms with Crippen molar-refractivity contribution < 1.29 is 14.7 Å². The van der Waals surface area contributed by atoms with Gasteiger partial charge in [-0.3, -0.25) is 10.1 Å². The summed E-state index contributed by atoms with van der Waals surface area (Å²) < 4.78 is 0. The third kappa shape index (κ3) is 3.89. The van der Waals surface area contributed by atoms with E-state index in [2.05, 4.69) is 21.6 Å². The van der Waals surface area contributed by atoms with Gasteiger partial charge in [0, 0.05) is 37.1 Å². The van der Waals surface area contributed by atoms with E-state index in [1.807, 2.05) is 39.0 Å². The highest BCUT2D eigenvalue weighted by molar-refractivity contribution is 5.90. The lowest BCUT2D eigenvalue weighted by Crippen LogP contribution is -2.31. The third-order valence-corrected chi connectivity index (χ3v) is 5.12. The Labute approximate surface area is 159 Å². The van der Waals surface area contributed by atoms with Gasteiger partial charge in [0.1, 0.15) is 0 Å². The van der Waals surface area contributed by atoms with Crippen LogP contribution in [0.1, 0.15) is 34.7 Å². The van der Waals surface area contributed by atoms with Crippen LogP contribution < -0.4 is 15.5 Å². The van der Waals surface area contributed by atoms with Crippen molar-refractivity contribution in [2.75, 3.05) is 22.1 Å². The molecule has 0 bridgehead atoms. The molecule has 27 heavy (non-hydrogen) atoms. The van der Waals surface area contributed by atoms with Crippen LogP contribution in [0, 0.1) is 20.8 Å². The number of amides is 2. The lowest BCUT2D eigenvalue weighted by Gasteiger charge is -2.33. The van der Waals surface area contributed by atoms with Crippen molar-refractivity contribution >= 4 is 29.1 Å². The average molecular weight is 367 g/mol. The lowest BCUT2D eigenvalue weighted by molar-refractivity contribution is -0.114. The van der Waals surface area contributed by atoms with E-state index in [9.17, 15) is 9.59 Å². The van der Waals surface area contributed by atoms with Gasteiger partial charge in [-0.1, -0.05) is 6.07 Å². The SMILES string of the molecule is CC(=O)Nc1ccc2c(c1C)CN(c1cc(C)c(NC(=O)O)c(C)c1)CC2. The van der Waals surface area contributed by atoms with Crippen LogP contribution in [-0.4, -0.2) is 23.7 Å². The molecule has 0 unspecified atom stereocenters. The summed E-state index contributed by atoms with van der Waals surface area (Å²) in [5, 5.41) is 14.4. The first-order chi connectivity index (χ1) is 12.8. The highest BCUT2D eigenvalue weighted by Gasteiger charge is 2.21. The van der Waals surface area contributed by atoms with Gasteiger partial charge in [0.05, 0.1) is 0 Å². The van der Waals surface area contributed by atoms with E-state index in [1.54, 1.807) is 0 Å². The van der Waals surface area contributed by atoms with Gasteiger partial charge in [-0.05, 0) is 73.2 Å². The van der Waals surface area contributed by atoms with Crippen molar-refractivity contribution in [2.24, 2.45) is 0 Å². The average Bonchev–Trinajstić information content (AvgIpc) is 2.59. The predicted octanol–water partition coefficient (Wildman–Crippen LogP) is 4.22. The molecule has 6 heteroatoms. The van der Waals surface area contributed by atoms with Gasteiger partial charge in [0.15, 0.2) is 0 Å². The number of carboxylic acid groups (broad SMARTS) is 1. The number of fused-ring (bicyclic) bond motifs is 1. The highest BCUT2D eigenvalue weighted by Crippen LogP contribution is 2.33. The molecule has 2 aromatic rings. The summed E-state index contributed by atoms with van der Waals surface area (Å²) in [5.41, 5.74) is 8.06. The van der Waals surface area contributed by atoms with Crippen molar-refractivity contribution in [1.29, 1.82) is 0 Å². The minimum atomic E-state index is -1.05. The van der Waals surface area contributed by atoms with E-state index in [0.29, 0.717) is 5.69 Å². The van der Waals surface area contributed by atoms with Crippen molar-refractivity contribution in [3.05, 3.63) is 52.1 Å². The molecule has 0 spiro atoms. The monoisotopic (exact) mass is 367 g/mol. The molecule has 1 aliphatic heterocycles. The maximum absolute atomic E-state index is 11.4. The maximum Gasteiger partial charge on any atom is 0.409 e. The fourth-order valence-corrected chi connectivity index (χ4v) is 3.77. The van der Waals surface area contributed by atoms with Crippen LogP contribution in [0.2, 0.25) is 0 Å². The van der Waals surface area contributed by atoms with Gasteiger partial charge < -0.3 is 15.3 Å². The second kappa shape index (κ2) is 7.31. The Hall–Kier alpha value is -3.02. The number of anilines is 3. The largest absolute Gasteiger partial charge is 0.465 e. The van der Waals surface area contributed by atoms with Gasteiger partial charge in [-0.25, -0.2) is 4.79 Å². The van der Waals surface area contributed by atoms with Gasteiger partial charge in [-0.15, -0.1) is 0 Å². The minimum absolute atomic E-state index is 0.0708. The van der Waals surface area contributed by atoms with Crippen LogP contribution in [0.25, 0.3) is 0 Å². The minimum Gasteiger partial charge on any atom is -0.465 e. The van der Waals surface area contributed by atoms with Crippen molar-refractivity contribution in [3.63, 3.8) is 0 Å². The molecular weight excluding hydrogens is 342 g/mol. The molecule has 0 aliphatic carbocycles. The number of benzene rings is 2. The van der Waals surface area contributed by atoms with Gasteiger partial charge >= 0.3 is 6.09 Å². The van der Waals surface area contributed by atoms with E-state index in [0.717, 1.165) is 47.6 Å². The summed E-state index contributed by atoms with van der Waals surface area (Å²) in [7, 11) is 0. The molecule has 1 aliphatic rings. The zero-order valence-corrected chi connectivity index (χ0v) is 16.1. The van der Waals surface area contributed by atoms with Crippen LogP contribution in [-0.2, 0) is 17.8 Å². The standard InChI is InChI=1S/C21H25N3O3/c1-12-9-17(10-13(2)20(12)23-21(26)27)24-8-7-16-5-6-19(22-15(4)25)14(3)18(16)11-24/h5-6,9-10,23H,7-8,11H2,1-4H3,(H,22,25)(H,26,27). The predicted molar refractivity (Wildman–Crippen MR) is 108 cm³/mol. The molecule has 142 valence electrons. The third-order valence-electron chi connectivity index (χ3n) is 5.12. The Bertz CT molecular complexity index is 898. The molecule has 2 aromatic carbocycles. The number of hydrogen-bond acceptors (Lipinski definition) is 3. The number of aryl methyl sites for hydroxylation is 2. The fraction of sp³-hybridized carbons (Fsp3) is 0.333. The normalized spacial score (nSPS) is 13.1. The Morgan fingerprint density at radius 3 is 2.33 bits per heavy atom. The molecule has 0 radical (unpaired) electrons. The molecule has 3 N–H and O–H groups in total. The molecule has 0 saturated heterocycles. The van der Waals surface area contributed by atoms with Crippen molar-refractivity contribution in [2.45, 2.75) is 40.7 Å². The molecule has 6 nitrogen and oxygen atoms in total. The van der Waals surface area contributed by atoms with Crippen LogP contribution in [0.4, 0.5) is 21.9 Å². The summed E-state index contributed by atoms with van der Waals surface area (Å²) in [6, 6.07) is 8.12. The van der Waals surface area contributed by atoms with Gasteiger partial charge in [0.2, 0.25) is 5.91 Å². The zero-order valence-electron chi connectivity index (χ0n) is 16.1. The van der Waals surface area contributed by atoms with Crippen LogP contribution in [0.5, 0.6) is 0 Å². The summed E-state index contributed by atoms with van der Waals surface area (Å²) in [6.07, 6.45) is -0.119. The van der Waals surface area contributed by atoms with Crippen LogP contribution >= 0.6 is 0 Å². The number of rotatable bonds is 3. The molecule has 0 fully saturated rings. The van der Waals surface area contributed by atoms with E-state index in [4.69, 9.17) is 5.11 Å². The van der Waals surface area contributed by atoms with Crippen LogP contribution in [0.3, 0.4) is 0 Å². The molecule has 0 saturated carbocycles. The number of nitrogens with one attached hydrogen (secondary N) is 2. The first-order valence-corrected chi connectivity index (χ1v) is 9.01. The summed E-state index contributed by atoms with van der Waals surface area (Å²) >= 11 is 0. The molecular formula is C21H25N3O3. The van der Waals surface area contributed by atoms with Crippen molar-refractivity contribution in [1.82, 2.24) is 0 Å².